The summed E-state index contributed by atoms with van der Waals surface area (Å²) < 4.78 is 2.52. The summed E-state index contributed by atoms with van der Waals surface area (Å²) in [4.78, 5) is 2.46. The van der Waals surface area contributed by atoms with E-state index >= 15 is 0 Å². The maximum atomic E-state index is 2.52. The van der Waals surface area contributed by atoms with E-state index in [0.29, 0.717) is 5.92 Å². The van der Waals surface area contributed by atoms with Crippen LogP contribution in [0.4, 0.5) is 17.1 Å². The Morgan fingerprint density at radius 3 is 1.79 bits per heavy atom. The summed E-state index contributed by atoms with van der Waals surface area (Å²) in [7, 11) is 0. The number of anilines is 3. The number of allylic oxidation sites excluding steroid dienone is 4. The van der Waals surface area contributed by atoms with Crippen LogP contribution in [0.25, 0.3) is 82.6 Å². The van der Waals surface area contributed by atoms with Crippen molar-refractivity contribution in [2.45, 2.75) is 50.9 Å². The van der Waals surface area contributed by atoms with Crippen LogP contribution in [0, 0.1) is 0 Å². The number of hydrogen-bond donors (Lipinski definition) is 0. The third-order valence-electron chi connectivity index (χ3n) is 16.0. The van der Waals surface area contributed by atoms with Crippen molar-refractivity contribution in [2.75, 3.05) is 4.90 Å². The minimum atomic E-state index is -0.233. The lowest BCUT2D eigenvalue weighted by Gasteiger charge is -2.29. The molecule has 2 heteroatoms. The molecule has 11 aromatic rings. The summed E-state index contributed by atoms with van der Waals surface area (Å²) >= 11 is 0. The number of para-hydroxylation sites is 3. The lowest BCUT2D eigenvalue weighted by atomic mass is 9.79. The molecule has 2 aromatic heterocycles. The van der Waals surface area contributed by atoms with E-state index in [-0.39, 0.29) is 10.8 Å². The largest absolute Gasteiger partial charge is 0.310 e. The lowest BCUT2D eigenvalue weighted by Crippen LogP contribution is -2.17. The Balaban J connectivity index is 0.874. The smallest absolute Gasteiger partial charge is 0.0620 e. The maximum Gasteiger partial charge on any atom is 0.0620 e. The highest BCUT2D eigenvalue weighted by atomic mass is 15.1. The molecular formula is C66H50N2. The van der Waals surface area contributed by atoms with E-state index < -0.39 is 0 Å². The molecule has 0 bridgehead atoms. The molecule has 1 unspecified atom stereocenters. The lowest BCUT2D eigenvalue weighted by molar-refractivity contribution is 0.660. The molecule has 14 rings (SSSR count). The average Bonchev–Trinajstić information content (AvgIpc) is 4.05. The van der Waals surface area contributed by atoms with Gasteiger partial charge in [0.05, 0.1) is 16.6 Å². The van der Waals surface area contributed by atoms with Crippen molar-refractivity contribution in [3.63, 3.8) is 0 Å². The summed E-state index contributed by atoms with van der Waals surface area (Å²) in [6, 6.07) is 71.3. The van der Waals surface area contributed by atoms with Gasteiger partial charge in [-0.05, 0) is 122 Å². The van der Waals surface area contributed by atoms with Crippen LogP contribution in [0.1, 0.15) is 67.9 Å². The Morgan fingerprint density at radius 2 is 1.00 bits per heavy atom. The Hall–Kier alpha value is -7.94. The van der Waals surface area contributed by atoms with Crippen molar-refractivity contribution in [3.8, 4) is 44.5 Å². The minimum absolute atomic E-state index is 0.0922. The zero-order valence-electron chi connectivity index (χ0n) is 38.9. The van der Waals surface area contributed by atoms with E-state index in [1.165, 1.54) is 110 Å². The summed E-state index contributed by atoms with van der Waals surface area (Å²) in [5, 5.41) is 5.24. The second-order valence-corrected chi connectivity index (χ2v) is 20.4. The fraction of sp³-hybridized carbons (Fsp3) is 0.121. The zero-order chi connectivity index (χ0) is 45.5. The van der Waals surface area contributed by atoms with Crippen LogP contribution in [0.15, 0.2) is 212 Å². The van der Waals surface area contributed by atoms with Crippen molar-refractivity contribution in [1.82, 2.24) is 4.40 Å². The topological polar surface area (TPSA) is 7.65 Å². The average molecular weight is 871 g/mol. The number of hydrogen-bond acceptors (Lipinski definition) is 1. The SMILES string of the molecule is CC1(C)c2cc(-c3cccc4c5cccc6c7ccccc7n(c34)c65)ccc2-c2ccc(N(c3ccc(-c4cccc5c4C(C)(C)c4ccccc4-5)cc3)c3ccc(C4C=CC=CC4)cc3)cc21. The fourth-order valence-electron chi connectivity index (χ4n) is 12.8. The number of fused-ring (bicyclic) bond motifs is 12. The van der Waals surface area contributed by atoms with Crippen molar-refractivity contribution >= 4 is 55.2 Å². The Bertz CT molecular complexity index is 3930. The molecule has 1 atom stereocenters. The highest BCUT2D eigenvalue weighted by molar-refractivity contribution is 6.25. The molecule has 2 heterocycles. The quantitative estimate of drug-likeness (QED) is 0.162. The maximum absolute atomic E-state index is 2.52. The van der Waals surface area contributed by atoms with Crippen LogP contribution in [0.2, 0.25) is 0 Å². The van der Waals surface area contributed by atoms with Crippen molar-refractivity contribution in [1.29, 1.82) is 0 Å². The Kier molecular flexibility index (Phi) is 8.24. The molecule has 0 saturated heterocycles. The van der Waals surface area contributed by atoms with Crippen molar-refractivity contribution in [2.24, 2.45) is 0 Å². The van der Waals surface area contributed by atoms with Crippen LogP contribution in [-0.4, -0.2) is 4.40 Å². The van der Waals surface area contributed by atoms with Crippen LogP contribution < -0.4 is 4.90 Å². The van der Waals surface area contributed by atoms with E-state index in [4.69, 9.17) is 0 Å². The van der Waals surface area contributed by atoms with Crippen LogP contribution >= 0.6 is 0 Å². The summed E-state index contributed by atoms with van der Waals surface area (Å²) in [6.45, 7) is 9.58. The van der Waals surface area contributed by atoms with Gasteiger partial charge < -0.3 is 9.30 Å². The normalized spacial score (nSPS) is 16.1. The van der Waals surface area contributed by atoms with Gasteiger partial charge in [0.2, 0.25) is 0 Å². The molecule has 0 aliphatic heterocycles. The molecule has 0 saturated carbocycles. The highest BCUT2D eigenvalue weighted by Gasteiger charge is 2.38. The molecule has 0 spiro atoms. The van der Waals surface area contributed by atoms with Crippen molar-refractivity contribution in [3.05, 3.63) is 240 Å². The van der Waals surface area contributed by atoms with Crippen LogP contribution in [0.5, 0.6) is 0 Å². The third-order valence-corrected chi connectivity index (χ3v) is 16.0. The van der Waals surface area contributed by atoms with Gasteiger partial charge in [-0.15, -0.1) is 0 Å². The van der Waals surface area contributed by atoms with Gasteiger partial charge in [0.1, 0.15) is 0 Å². The van der Waals surface area contributed by atoms with Gasteiger partial charge in [-0.3, -0.25) is 0 Å². The molecule has 324 valence electrons. The van der Waals surface area contributed by atoms with Crippen molar-refractivity contribution < 1.29 is 0 Å². The van der Waals surface area contributed by atoms with E-state index in [2.05, 4.69) is 249 Å². The first-order valence-corrected chi connectivity index (χ1v) is 24.3. The standard InChI is InChI=1S/C66H50N2/c1-65(2)59-39-44(49-20-13-23-56-57-24-14-22-55-53-18-9-11-26-61(53)68(63(49)56)64(55)57)31-37-51(59)52-38-36-47(40-60(52)65)67(45-32-27-42(28-33-45)41-15-6-5-7-16-41)46-34-29-43(30-35-46)48-19-12-21-54-50-17-8-10-25-58(50)66(3,4)62(48)54/h5-15,17-41H,16H2,1-4H3. The van der Waals surface area contributed by atoms with Gasteiger partial charge in [0.15, 0.2) is 0 Å². The van der Waals surface area contributed by atoms with Gasteiger partial charge >= 0.3 is 0 Å². The number of aromatic nitrogens is 1. The Labute approximate surface area is 398 Å². The van der Waals surface area contributed by atoms with E-state index in [1.807, 2.05) is 0 Å². The van der Waals surface area contributed by atoms with E-state index in [0.717, 1.165) is 23.5 Å². The van der Waals surface area contributed by atoms with Gasteiger partial charge in [-0.1, -0.05) is 192 Å². The molecule has 2 nitrogen and oxygen atoms in total. The van der Waals surface area contributed by atoms with Crippen LogP contribution in [0.3, 0.4) is 0 Å². The number of benzene rings is 9. The molecule has 3 aliphatic rings. The molecule has 0 fully saturated rings. The number of nitrogens with zero attached hydrogens (tertiary/aromatic N) is 2. The predicted octanol–water partition coefficient (Wildman–Crippen LogP) is 17.9. The third kappa shape index (κ3) is 5.46. The van der Waals surface area contributed by atoms with Gasteiger partial charge in [0.25, 0.3) is 0 Å². The fourth-order valence-corrected chi connectivity index (χ4v) is 12.8. The Morgan fingerprint density at radius 1 is 0.426 bits per heavy atom. The minimum Gasteiger partial charge on any atom is -0.310 e. The first-order chi connectivity index (χ1) is 33.3. The molecular weight excluding hydrogens is 821 g/mol. The molecule has 0 amide bonds. The second kappa shape index (κ2) is 14.3. The van der Waals surface area contributed by atoms with Crippen LogP contribution in [-0.2, 0) is 10.8 Å². The summed E-state index contributed by atoms with van der Waals surface area (Å²) in [5.74, 6) is 0.393. The van der Waals surface area contributed by atoms with Gasteiger partial charge in [-0.25, -0.2) is 0 Å². The molecule has 68 heavy (non-hydrogen) atoms. The second-order valence-electron chi connectivity index (χ2n) is 20.4. The summed E-state index contributed by atoms with van der Waals surface area (Å²) in [6.07, 6.45) is 9.96. The molecule has 0 N–H and O–H groups in total. The summed E-state index contributed by atoms with van der Waals surface area (Å²) in [5.41, 5.74) is 24.2. The predicted molar refractivity (Wildman–Crippen MR) is 287 cm³/mol. The molecule has 0 radical (unpaired) electrons. The van der Waals surface area contributed by atoms with E-state index in [1.54, 1.807) is 0 Å². The zero-order valence-corrected chi connectivity index (χ0v) is 38.9. The molecule has 9 aromatic carbocycles. The van der Waals surface area contributed by atoms with Gasteiger partial charge in [0, 0.05) is 60.9 Å². The van der Waals surface area contributed by atoms with E-state index in [9.17, 15) is 0 Å². The number of rotatable bonds is 6. The highest BCUT2D eigenvalue weighted by Crippen LogP contribution is 2.54. The van der Waals surface area contributed by atoms with Gasteiger partial charge in [-0.2, -0.15) is 0 Å². The molecule has 3 aliphatic carbocycles. The monoisotopic (exact) mass is 870 g/mol. The first kappa shape index (κ1) is 39.2. The first-order valence-electron chi connectivity index (χ1n) is 24.3.